The van der Waals surface area contributed by atoms with Crippen molar-refractivity contribution in [3.63, 3.8) is 0 Å². The number of hydrogen-bond acceptors (Lipinski definition) is 8. The molecule has 0 atom stereocenters. The Kier molecular flexibility index (Phi) is 5.26. The molecule has 0 saturated heterocycles. The van der Waals surface area contributed by atoms with E-state index in [1.165, 1.54) is 13.4 Å². The van der Waals surface area contributed by atoms with E-state index in [-0.39, 0.29) is 5.89 Å². The molecule has 0 amide bonds. The molecule has 2 heterocycles. The third-order valence-electron chi connectivity index (χ3n) is 4.13. The van der Waals surface area contributed by atoms with Crippen LogP contribution in [0.15, 0.2) is 59.5 Å². The third kappa shape index (κ3) is 3.83. The smallest absolute Gasteiger partial charge is 0.263 e. The van der Waals surface area contributed by atoms with Gasteiger partial charge < -0.3 is 19.3 Å². The van der Waals surface area contributed by atoms with Crippen molar-refractivity contribution in [2.75, 3.05) is 19.5 Å². The van der Waals surface area contributed by atoms with Crippen LogP contribution in [0.2, 0.25) is 5.02 Å². The third-order valence-corrected chi connectivity index (χ3v) is 4.42. The van der Waals surface area contributed by atoms with Crippen molar-refractivity contribution >= 4 is 23.1 Å². The number of halogens is 1. The summed E-state index contributed by atoms with van der Waals surface area (Å²) in [6, 6.07) is 12.9. The molecule has 8 nitrogen and oxygen atoms in total. The van der Waals surface area contributed by atoms with Gasteiger partial charge in [0.25, 0.3) is 5.89 Å². The van der Waals surface area contributed by atoms with Crippen LogP contribution in [0.3, 0.4) is 0 Å². The molecule has 29 heavy (non-hydrogen) atoms. The van der Waals surface area contributed by atoms with E-state index in [4.69, 9.17) is 25.6 Å². The van der Waals surface area contributed by atoms with E-state index < -0.39 is 0 Å². The van der Waals surface area contributed by atoms with Gasteiger partial charge in [0.05, 0.1) is 24.9 Å². The monoisotopic (exact) mass is 409 g/mol. The first-order chi connectivity index (χ1) is 14.2. The van der Waals surface area contributed by atoms with Gasteiger partial charge in [0.1, 0.15) is 29.2 Å². The molecule has 4 rings (SSSR count). The van der Waals surface area contributed by atoms with Gasteiger partial charge in [-0.15, -0.1) is 0 Å². The fourth-order valence-electron chi connectivity index (χ4n) is 2.71. The summed E-state index contributed by atoms with van der Waals surface area (Å²) >= 11 is 6.18. The summed E-state index contributed by atoms with van der Waals surface area (Å²) in [7, 11) is 3.09. The lowest BCUT2D eigenvalue weighted by Gasteiger charge is -2.14. The maximum Gasteiger partial charge on any atom is 0.263 e. The molecule has 0 bridgehead atoms. The number of methoxy groups -OCH3 is 2. The van der Waals surface area contributed by atoms with Gasteiger partial charge in [0.15, 0.2) is 0 Å². The Morgan fingerprint density at radius 3 is 2.59 bits per heavy atom. The number of nitrogens with zero attached hydrogens (tertiary/aromatic N) is 4. The van der Waals surface area contributed by atoms with Crippen molar-refractivity contribution < 1.29 is 14.0 Å². The number of anilines is 2. The summed E-state index contributed by atoms with van der Waals surface area (Å²) in [5, 5.41) is 7.68. The van der Waals surface area contributed by atoms with Crippen LogP contribution in [0.5, 0.6) is 11.5 Å². The highest BCUT2D eigenvalue weighted by molar-refractivity contribution is 6.32. The van der Waals surface area contributed by atoms with Crippen molar-refractivity contribution in [3.8, 4) is 34.3 Å². The Morgan fingerprint density at radius 2 is 1.83 bits per heavy atom. The minimum atomic E-state index is 0.284. The number of rotatable bonds is 6. The topological polar surface area (TPSA) is 95.2 Å². The van der Waals surface area contributed by atoms with Crippen LogP contribution in [0.4, 0.5) is 11.5 Å². The average molecular weight is 410 g/mol. The molecule has 0 unspecified atom stereocenters. The number of benzene rings is 2. The van der Waals surface area contributed by atoms with E-state index in [0.717, 1.165) is 5.56 Å². The first-order valence-electron chi connectivity index (χ1n) is 8.57. The van der Waals surface area contributed by atoms with E-state index >= 15 is 0 Å². The van der Waals surface area contributed by atoms with Crippen molar-refractivity contribution in [2.24, 2.45) is 0 Å². The Labute approximate surface area is 171 Å². The molecule has 0 aliphatic carbocycles. The second kappa shape index (κ2) is 8.15. The standard InChI is InChI=1S/C20H16ClN5O3/c1-27-16-9-15(17(28-2)8-14(16)21)24-19-13(10-22-11-23-19)20-25-18(26-29-20)12-6-4-3-5-7-12/h3-11H,1-2H3,(H,22,23,24). The first kappa shape index (κ1) is 18.7. The largest absolute Gasteiger partial charge is 0.495 e. The molecule has 0 fully saturated rings. The lowest BCUT2D eigenvalue weighted by atomic mass is 10.2. The van der Waals surface area contributed by atoms with Crippen LogP contribution in [0, 0.1) is 0 Å². The second-order valence-corrected chi connectivity index (χ2v) is 6.29. The van der Waals surface area contributed by atoms with Gasteiger partial charge in [-0.25, -0.2) is 9.97 Å². The van der Waals surface area contributed by atoms with Gasteiger partial charge in [-0.1, -0.05) is 47.1 Å². The maximum atomic E-state index is 6.18. The fraction of sp³-hybridized carbons (Fsp3) is 0.100. The zero-order valence-corrected chi connectivity index (χ0v) is 16.3. The summed E-state index contributed by atoms with van der Waals surface area (Å²) in [4.78, 5) is 12.9. The second-order valence-electron chi connectivity index (χ2n) is 5.89. The lowest BCUT2D eigenvalue weighted by molar-refractivity contribution is 0.405. The Balaban J connectivity index is 1.71. The van der Waals surface area contributed by atoms with Crippen LogP contribution in [0.25, 0.3) is 22.8 Å². The Hall–Kier alpha value is -3.65. The normalized spacial score (nSPS) is 10.6. The van der Waals surface area contributed by atoms with Crippen LogP contribution in [-0.4, -0.2) is 34.3 Å². The van der Waals surface area contributed by atoms with E-state index in [2.05, 4.69) is 25.4 Å². The molecule has 9 heteroatoms. The molecule has 2 aromatic carbocycles. The number of hydrogen-bond donors (Lipinski definition) is 1. The van der Waals surface area contributed by atoms with Crippen molar-refractivity contribution in [1.29, 1.82) is 0 Å². The highest BCUT2D eigenvalue weighted by atomic mass is 35.5. The van der Waals surface area contributed by atoms with Crippen LogP contribution < -0.4 is 14.8 Å². The van der Waals surface area contributed by atoms with Gasteiger partial charge >= 0.3 is 0 Å². The van der Waals surface area contributed by atoms with E-state index in [1.54, 1.807) is 25.4 Å². The van der Waals surface area contributed by atoms with Crippen LogP contribution in [-0.2, 0) is 0 Å². The molecule has 4 aromatic rings. The zero-order valence-electron chi connectivity index (χ0n) is 15.6. The average Bonchev–Trinajstić information content (AvgIpc) is 3.26. The van der Waals surface area contributed by atoms with Crippen molar-refractivity contribution in [1.82, 2.24) is 20.1 Å². The Bertz CT molecular complexity index is 1130. The Morgan fingerprint density at radius 1 is 1.03 bits per heavy atom. The van der Waals surface area contributed by atoms with E-state index in [9.17, 15) is 0 Å². The molecule has 0 aliphatic heterocycles. The molecule has 0 radical (unpaired) electrons. The summed E-state index contributed by atoms with van der Waals surface area (Å²) < 4.78 is 16.1. The highest BCUT2D eigenvalue weighted by Crippen LogP contribution is 2.38. The van der Waals surface area contributed by atoms with Gasteiger partial charge in [-0.05, 0) is 0 Å². The summed E-state index contributed by atoms with van der Waals surface area (Å²) in [5.74, 6) is 2.24. The lowest BCUT2D eigenvalue weighted by Crippen LogP contribution is -2.00. The molecular formula is C20H16ClN5O3. The summed E-state index contributed by atoms with van der Waals surface area (Å²) in [6.45, 7) is 0. The molecule has 146 valence electrons. The molecule has 0 spiro atoms. The summed E-state index contributed by atoms with van der Waals surface area (Å²) in [5.41, 5.74) is 1.99. The van der Waals surface area contributed by atoms with Crippen LogP contribution >= 0.6 is 11.6 Å². The molecular weight excluding hydrogens is 394 g/mol. The van der Waals surface area contributed by atoms with Gasteiger partial charge in [-0.2, -0.15) is 4.98 Å². The zero-order chi connectivity index (χ0) is 20.2. The minimum absolute atomic E-state index is 0.284. The van der Waals surface area contributed by atoms with Gasteiger partial charge in [0, 0.05) is 23.9 Å². The predicted molar refractivity (Wildman–Crippen MR) is 109 cm³/mol. The molecule has 2 aromatic heterocycles. The van der Waals surface area contributed by atoms with Gasteiger partial charge in [-0.3, -0.25) is 0 Å². The first-order valence-corrected chi connectivity index (χ1v) is 8.95. The van der Waals surface area contributed by atoms with E-state index in [0.29, 0.717) is 39.4 Å². The molecule has 0 saturated carbocycles. The predicted octanol–water partition coefficient (Wildman–Crippen LogP) is 4.61. The van der Waals surface area contributed by atoms with Crippen molar-refractivity contribution in [2.45, 2.75) is 0 Å². The molecule has 0 aliphatic rings. The molecule has 1 N–H and O–H groups in total. The number of nitrogens with one attached hydrogen (secondary N) is 1. The number of ether oxygens (including phenoxy) is 2. The van der Waals surface area contributed by atoms with E-state index in [1.807, 2.05) is 30.3 Å². The SMILES string of the molecule is COc1cc(Nc2ncncc2-c2nc(-c3ccccc3)no2)c(OC)cc1Cl. The van der Waals surface area contributed by atoms with Gasteiger partial charge in [0.2, 0.25) is 5.82 Å². The number of aromatic nitrogens is 4. The quantitative estimate of drug-likeness (QED) is 0.493. The minimum Gasteiger partial charge on any atom is -0.495 e. The summed E-state index contributed by atoms with van der Waals surface area (Å²) in [6.07, 6.45) is 3.01. The fourth-order valence-corrected chi connectivity index (χ4v) is 2.94. The van der Waals surface area contributed by atoms with Crippen LogP contribution in [0.1, 0.15) is 0 Å². The maximum absolute atomic E-state index is 6.18. The van der Waals surface area contributed by atoms with Crippen molar-refractivity contribution in [3.05, 3.63) is 60.0 Å². The highest BCUT2D eigenvalue weighted by Gasteiger charge is 2.18.